The highest BCUT2D eigenvalue weighted by Crippen LogP contribution is 2.43. The Morgan fingerprint density at radius 2 is 1.68 bits per heavy atom. The minimum Gasteiger partial charge on any atom is -0.371 e. The van der Waals surface area contributed by atoms with Crippen LogP contribution in [-0.4, -0.2) is 42.4 Å². The number of nitrogens with zero attached hydrogens (tertiary/aromatic N) is 2. The van der Waals surface area contributed by atoms with Crippen LogP contribution in [0.5, 0.6) is 0 Å². The first kappa shape index (κ1) is 25.3. The molecule has 2 heterocycles. The highest BCUT2D eigenvalue weighted by Gasteiger charge is 2.48. The van der Waals surface area contributed by atoms with Crippen molar-refractivity contribution in [3.05, 3.63) is 83.5 Å². The lowest BCUT2D eigenvalue weighted by molar-refractivity contribution is -0.124. The van der Waals surface area contributed by atoms with Crippen molar-refractivity contribution in [1.29, 1.82) is 0 Å². The maximum absolute atomic E-state index is 14.1. The zero-order valence-electron chi connectivity index (χ0n) is 22.4. The molecule has 3 atom stereocenters. The van der Waals surface area contributed by atoms with E-state index in [1.165, 1.54) is 12.8 Å². The van der Waals surface area contributed by atoms with Crippen molar-refractivity contribution in [3.63, 3.8) is 0 Å². The van der Waals surface area contributed by atoms with Gasteiger partial charge in [0.15, 0.2) is 0 Å². The largest absolute Gasteiger partial charge is 0.371 e. The Morgan fingerprint density at radius 3 is 2.38 bits per heavy atom. The molecule has 2 aromatic rings. The zero-order valence-corrected chi connectivity index (χ0v) is 22.4. The summed E-state index contributed by atoms with van der Waals surface area (Å²) in [5.74, 6) is -0.247. The van der Waals surface area contributed by atoms with Gasteiger partial charge in [0, 0.05) is 42.0 Å². The lowest BCUT2D eigenvalue weighted by Gasteiger charge is -2.49. The van der Waals surface area contributed by atoms with E-state index in [2.05, 4.69) is 53.6 Å². The normalized spacial score (nSPS) is 25.4. The van der Waals surface area contributed by atoms with E-state index in [0.717, 1.165) is 60.4 Å². The summed E-state index contributed by atoms with van der Waals surface area (Å²) in [5.41, 5.74) is 4.41. The molecule has 5 nitrogen and oxygen atoms in total. The van der Waals surface area contributed by atoms with Crippen LogP contribution in [0.3, 0.4) is 0 Å². The van der Waals surface area contributed by atoms with Gasteiger partial charge in [-0.05, 0) is 75.3 Å². The number of nitrogens with one attached hydrogen (secondary N) is 1. The van der Waals surface area contributed by atoms with Gasteiger partial charge in [-0.25, -0.2) is 0 Å². The van der Waals surface area contributed by atoms with E-state index in [0.29, 0.717) is 6.54 Å². The monoisotopic (exact) mass is 497 g/mol. The van der Waals surface area contributed by atoms with Crippen LogP contribution in [0.15, 0.2) is 66.8 Å². The van der Waals surface area contributed by atoms with Gasteiger partial charge in [-0.15, -0.1) is 0 Å². The van der Waals surface area contributed by atoms with Crippen molar-refractivity contribution < 1.29 is 9.59 Å². The van der Waals surface area contributed by atoms with Crippen LogP contribution in [0, 0.1) is 25.2 Å². The van der Waals surface area contributed by atoms with Crippen LogP contribution >= 0.6 is 0 Å². The number of hydrogen-bond acceptors (Lipinski definition) is 3. The number of aryl methyl sites for hydroxylation is 2. The lowest BCUT2D eigenvalue weighted by atomic mass is 9.68. The third kappa shape index (κ3) is 5.09. The lowest BCUT2D eigenvalue weighted by Crippen LogP contribution is -2.58. The first-order chi connectivity index (χ1) is 17.9. The third-order valence-corrected chi connectivity index (χ3v) is 8.47. The Balaban J connectivity index is 1.46. The predicted octanol–water partition coefficient (Wildman–Crippen LogP) is 6.29. The Bertz CT molecular complexity index is 1210. The van der Waals surface area contributed by atoms with Gasteiger partial charge < -0.3 is 15.1 Å². The summed E-state index contributed by atoms with van der Waals surface area (Å²) in [4.78, 5) is 32.4. The summed E-state index contributed by atoms with van der Waals surface area (Å²) in [6, 6.07) is 14.0. The fourth-order valence-corrected chi connectivity index (χ4v) is 6.56. The van der Waals surface area contributed by atoms with Gasteiger partial charge in [0.05, 0.1) is 12.0 Å². The van der Waals surface area contributed by atoms with Crippen molar-refractivity contribution in [3.8, 4) is 0 Å². The van der Waals surface area contributed by atoms with E-state index in [-0.39, 0.29) is 29.2 Å². The van der Waals surface area contributed by atoms with Gasteiger partial charge in [0.2, 0.25) is 5.91 Å². The number of likely N-dealkylation sites (tertiary alicyclic amines) is 1. The van der Waals surface area contributed by atoms with Gasteiger partial charge in [-0.2, -0.15) is 0 Å². The fourth-order valence-electron chi connectivity index (χ4n) is 6.56. The van der Waals surface area contributed by atoms with E-state index in [9.17, 15) is 9.59 Å². The molecule has 2 fully saturated rings. The molecule has 3 aliphatic rings. The molecule has 0 spiro atoms. The second kappa shape index (κ2) is 10.6. The number of piperidine rings is 1. The van der Waals surface area contributed by atoms with Crippen molar-refractivity contribution in [1.82, 2.24) is 4.90 Å². The maximum atomic E-state index is 14.1. The molecule has 2 saturated heterocycles. The number of rotatable bonds is 5. The van der Waals surface area contributed by atoms with E-state index in [4.69, 9.17) is 0 Å². The topological polar surface area (TPSA) is 52.7 Å². The average Bonchev–Trinajstić information content (AvgIpc) is 3.44. The first-order valence-electron chi connectivity index (χ1n) is 13.7. The Labute approximate surface area is 221 Å². The van der Waals surface area contributed by atoms with Crippen molar-refractivity contribution in [2.45, 2.75) is 58.9 Å². The van der Waals surface area contributed by atoms with Gasteiger partial charge >= 0.3 is 0 Å². The standard InChI is InChI=1S/C32H39N3O2/c1-23-12-9-13-24(2)28(23)31(37)35-21-11-16-27(29(35)32(3)17-5-4-6-18-32)30(36)33-25-14-10-15-26(22-25)34-19-7-8-20-34/h4-6,9-10,12-15,17,22,27,29H,7-8,11,16,18-21H2,1-3H3,(H,33,36). The molecule has 5 heteroatoms. The fraction of sp³-hybridized carbons (Fsp3) is 0.438. The molecule has 2 amide bonds. The summed E-state index contributed by atoms with van der Waals surface area (Å²) in [7, 11) is 0. The van der Waals surface area contributed by atoms with Crippen LogP contribution in [0.4, 0.5) is 11.4 Å². The number of anilines is 2. The van der Waals surface area contributed by atoms with Gasteiger partial charge in [-0.3, -0.25) is 9.59 Å². The minimum atomic E-state index is -0.319. The summed E-state index contributed by atoms with van der Waals surface area (Å²) in [6.45, 7) is 9.00. The van der Waals surface area contributed by atoms with Crippen LogP contribution in [0.1, 0.15) is 60.5 Å². The summed E-state index contributed by atoms with van der Waals surface area (Å²) in [6.07, 6.45) is 13.3. The van der Waals surface area contributed by atoms with Crippen molar-refractivity contribution >= 4 is 23.2 Å². The number of allylic oxidation sites excluding steroid dienone is 3. The number of amides is 2. The zero-order chi connectivity index (χ0) is 26.0. The molecule has 37 heavy (non-hydrogen) atoms. The first-order valence-corrected chi connectivity index (χ1v) is 13.7. The Morgan fingerprint density at radius 1 is 0.946 bits per heavy atom. The molecular formula is C32H39N3O2. The van der Waals surface area contributed by atoms with Crippen LogP contribution in [0.2, 0.25) is 0 Å². The molecule has 3 unspecified atom stereocenters. The highest BCUT2D eigenvalue weighted by molar-refractivity contribution is 5.99. The minimum absolute atomic E-state index is 0.00626. The van der Waals surface area contributed by atoms with Gasteiger partial charge in [-0.1, -0.05) is 55.5 Å². The third-order valence-electron chi connectivity index (χ3n) is 8.47. The van der Waals surface area contributed by atoms with Gasteiger partial charge in [0.1, 0.15) is 0 Å². The summed E-state index contributed by atoms with van der Waals surface area (Å²) < 4.78 is 0. The highest BCUT2D eigenvalue weighted by atomic mass is 16.2. The molecule has 1 N–H and O–H groups in total. The smallest absolute Gasteiger partial charge is 0.254 e. The molecular weight excluding hydrogens is 458 g/mol. The number of carbonyl (C=O) groups excluding carboxylic acids is 2. The van der Waals surface area contributed by atoms with E-state index >= 15 is 0 Å². The van der Waals surface area contributed by atoms with Gasteiger partial charge in [0.25, 0.3) is 5.91 Å². The molecule has 2 aliphatic heterocycles. The van der Waals surface area contributed by atoms with E-state index in [1.54, 1.807) is 0 Å². The van der Waals surface area contributed by atoms with Crippen LogP contribution in [-0.2, 0) is 4.79 Å². The molecule has 0 aromatic heterocycles. The molecule has 194 valence electrons. The predicted molar refractivity (Wildman–Crippen MR) is 151 cm³/mol. The molecule has 5 rings (SSSR count). The summed E-state index contributed by atoms with van der Waals surface area (Å²) in [5, 5.41) is 3.24. The second-order valence-corrected chi connectivity index (χ2v) is 11.2. The Hall–Kier alpha value is -3.34. The van der Waals surface area contributed by atoms with Crippen molar-refractivity contribution in [2.75, 3.05) is 29.9 Å². The second-order valence-electron chi connectivity index (χ2n) is 11.2. The molecule has 1 aliphatic carbocycles. The molecule has 0 radical (unpaired) electrons. The maximum Gasteiger partial charge on any atom is 0.254 e. The van der Waals surface area contributed by atoms with Crippen LogP contribution in [0.25, 0.3) is 0 Å². The Kier molecular flexibility index (Phi) is 7.23. The number of carbonyl (C=O) groups is 2. The SMILES string of the molecule is Cc1cccc(C)c1C(=O)N1CCCC(C(=O)Nc2cccc(N3CCCC3)c2)C1C1(C)C=CC=CC1. The number of benzene rings is 2. The van der Waals surface area contributed by atoms with E-state index in [1.807, 2.05) is 49.1 Å². The summed E-state index contributed by atoms with van der Waals surface area (Å²) >= 11 is 0. The molecule has 2 aromatic carbocycles. The van der Waals surface area contributed by atoms with Crippen molar-refractivity contribution in [2.24, 2.45) is 11.3 Å². The van der Waals surface area contributed by atoms with Crippen LogP contribution < -0.4 is 10.2 Å². The van der Waals surface area contributed by atoms with E-state index < -0.39 is 0 Å². The molecule has 0 saturated carbocycles. The average molecular weight is 498 g/mol. The molecule has 0 bridgehead atoms. The quantitative estimate of drug-likeness (QED) is 0.529. The number of hydrogen-bond donors (Lipinski definition) is 1.